The van der Waals surface area contributed by atoms with Gasteiger partial charge < -0.3 is 4.90 Å². The molecule has 1 nitrogen and oxygen atoms in total. The van der Waals surface area contributed by atoms with Gasteiger partial charge >= 0.3 is 0 Å². The van der Waals surface area contributed by atoms with Crippen molar-refractivity contribution >= 4 is 10.0 Å². The Kier molecular flexibility index (Phi) is 9.53. The Morgan fingerprint density at radius 3 is 1.88 bits per heavy atom. The first-order valence-electron chi connectivity index (χ1n) is 6.96. The van der Waals surface area contributed by atoms with E-state index in [1.54, 1.807) is 0 Å². The fourth-order valence-corrected chi connectivity index (χ4v) is 4.16. The first kappa shape index (κ1) is 16.3. The lowest BCUT2D eigenvalue weighted by Gasteiger charge is -2.32. The van der Waals surface area contributed by atoms with Gasteiger partial charge in [0.05, 0.1) is 0 Å². The van der Waals surface area contributed by atoms with Crippen LogP contribution < -0.4 is 0 Å². The van der Waals surface area contributed by atoms with Crippen molar-refractivity contribution < 1.29 is 0 Å². The maximum Gasteiger partial charge on any atom is -0.00117 e. The van der Waals surface area contributed by atoms with Crippen molar-refractivity contribution in [2.75, 3.05) is 43.7 Å². The van der Waals surface area contributed by atoms with Gasteiger partial charge in [-0.3, -0.25) is 0 Å². The predicted molar refractivity (Wildman–Crippen MR) is 81.1 cm³/mol. The summed E-state index contributed by atoms with van der Waals surface area (Å²) in [5.74, 6) is 2.95. The molecule has 0 aliphatic heterocycles. The normalized spacial score (nSPS) is 13.4. The molecular formula is C14H33NS. The number of rotatable bonds is 10. The third kappa shape index (κ3) is 8.46. The fourth-order valence-electron chi connectivity index (χ4n) is 2.06. The van der Waals surface area contributed by atoms with Gasteiger partial charge in [-0.15, -0.1) is 0 Å². The maximum atomic E-state index is 2.54. The van der Waals surface area contributed by atoms with Crippen LogP contribution in [0.5, 0.6) is 0 Å². The summed E-state index contributed by atoms with van der Waals surface area (Å²) in [6.45, 7) is 10.6. The standard InChI is InChI=1S/C14H33NS/c1-6-9-10-13-16(4,5)14-11-12-15(7-2)8-3/h6-14H2,1-5H3. The van der Waals surface area contributed by atoms with Crippen molar-refractivity contribution in [2.45, 2.75) is 46.5 Å². The molecule has 0 spiro atoms. The second kappa shape index (κ2) is 9.35. The highest BCUT2D eigenvalue weighted by Crippen LogP contribution is 2.41. The average molecular weight is 247 g/mol. The molecule has 0 bridgehead atoms. The van der Waals surface area contributed by atoms with E-state index in [0.29, 0.717) is 0 Å². The largest absolute Gasteiger partial charge is 0.304 e. The van der Waals surface area contributed by atoms with Crippen molar-refractivity contribution in [1.82, 2.24) is 4.90 Å². The maximum absolute atomic E-state index is 2.54. The summed E-state index contributed by atoms with van der Waals surface area (Å²) < 4.78 is 0. The minimum Gasteiger partial charge on any atom is -0.304 e. The van der Waals surface area contributed by atoms with Gasteiger partial charge in [0, 0.05) is 0 Å². The summed E-state index contributed by atoms with van der Waals surface area (Å²) in [7, 11) is -0.293. The molecule has 0 aromatic heterocycles. The molecule has 0 atom stereocenters. The smallest absolute Gasteiger partial charge is 0.00117 e. The van der Waals surface area contributed by atoms with Gasteiger partial charge in [-0.05, 0) is 56.5 Å². The number of unbranched alkanes of at least 4 members (excludes halogenated alkanes) is 2. The summed E-state index contributed by atoms with van der Waals surface area (Å²) in [6.07, 6.45) is 10.7. The summed E-state index contributed by atoms with van der Waals surface area (Å²) in [5, 5.41) is 0. The summed E-state index contributed by atoms with van der Waals surface area (Å²) in [5.41, 5.74) is 0. The molecule has 0 aliphatic carbocycles. The van der Waals surface area contributed by atoms with E-state index in [9.17, 15) is 0 Å². The van der Waals surface area contributed by atoms with E-state index in [1.807, 2.05) is 0 Å². The summed E-state index contributed by atoms with van der Waals surface area (Å²) in [4.78, 5) is 2.54. The molecule has 0 rings (SSSR count). The number of nitrogens with zero attached hydrogens (tertiary/aromatic N) is 1. The Hall–Kier alpha value is 0.310. The fraction of sp³-hybridized carbons (Fsp3) is 1.00. The van der Waals surface area contributed by atoms with Crippen LogP contribution >= 0.6 is 10.0 Å². The van der Waals surface area contributed by atoms with E-state index in [-0.39, 0.29) is 10.0 Å². The van der Waals surface area contributed by atoms with Crippen LogP contribution in [0.15, 0.2) is 0 Å². The van der Waals surface area contributed by atoms with Crippen molar-refractivity contribution in [3.63, 3.8) is 0 Å². The lowest BCUT2D eigenvalue weighted by molar-refractivity contribution is 0.305. The number of hydrogen-bond acceptors (Lipinski definition) is 1. The highest BCUT2D eigenvalue weighted by molar-refractivity contribution is 8.32. The van der Waals surface area contributed by atoms with Crippen LogP contribution in [0, 0.1) is 0 Å². The lowest BCUT2D eigenvalue weighted by Crippen LogP contribution is -2.25. The van der Waals surface area contributed by atoms with Crippen molar-refractivity contribution in [3.8, 4) is 0 Å². The first-order valence-corrected chi connectivity index (χ1v) is 9.75. The molecule has 0 aromatic carbocycles. The molecule has 0 N–H and O–H groups in total. The van der Waals surface area contributed by atoms with Crippen LogP contribution in [0.1, 0.15) is 46.5 Å². The van der Waals surface area contributed by atoms with Gasteiger partial charge in [-0.2, -0.15) is 0 Å². The minimum atomic E-state index is -0.293. The minimum absolute atomic E-state index is 0.293. The predicted octanol–water partition coefficient (Wildman–Crippen LogP) is 3.97. The van der Waals surface area contributed by atoms with Crippen molar-refractivity contribution in [3.05, 3.63) is 0 Å². The van der Waals surface area contributed by atoms with E-state index < -0.39 is 0 Å². The molecule has 2 heteroatoms. The molecule has 0 heterocycles. The zero-order valence-corrected chi connectivity index (χ0v) is 13.0. The van der Waals surface area contributed by atoms with Gasteiger partial charge in [-0.25, -0.2) is 10.0 Å². The second-order valence-corrected chi connectivity index (χ2v) is 9.61. The Morgan fingerprint density at radius 2 is 1.38 bits per heavy atom. The van der Waals surface area contributed by atoms with Gasteiger partial charge in [-0.1, -0.05) is 33.6 Å². The Bertz CT molecular complexity index is 153. The van der Waals surface area contributed by atoms with Crippen LogP contribution in [0.4, 0.5) is 0 Å². The average Bonchev–Trinajstić information content (AvgIpc) is 2.24. The molecule has 0 saturated carbocycles. The Morgan fingerprint density at radius 1 is 0.812 bits per heavy atom. The molecular weight excluding hydrogens is 214 g/mol. The van der Waals surface area contributed by atoms with Gasteiger partial charge in [0.15, 0.2) is 0 Å². The summed E-state index contributed by atoms with van der Waals surface area (Å²) >= 11 is 0. The van der Waals surface area contributed by atoms with E-state index in [1.165, 1.54) is 56.8 Å². The van der Waals surface area contributed by atoms with E-state index in [2.05, 4.69) is 38.2 Å². The molecule has 0 saturated heterocycles. The van der Waals surface area contributed by atoms with E-state index in [4.69, 9.17) is 0 Å². The quantitative estimate of drug-likeness (QED) is 0.528. The number of hydrogen-bond donors (Lipinski definition) is 0. The van der Waals surface area contributed by atoms with E-state index in [0.717, 1.165) is 0 Å². The van der Waals surface area contributed by atoms with Gasteiger partial charge in [0.2, 0.25) is 0 Å². The lowest BCUT2D eigenvalue weighted by atomic mass is 10.3. The molecule has 0 radical (unpaired) electrons. The molecule has 100 valence electrons. The molecule has 0 aliphatic rings. The van der Waals surface area contributed by atoms with Gasteiger partial charge in [0.25, 0.3) is 0 Å². The zero-order chi connectivity index (χ0) is 12.4. The third-order valence-corrected chi connectivity index (χ3v) is 6.15. The first-order chi connectivity index (χ1) is 7.55. The van der Waals surface area contributed by atoms with Crippen LogP contribution in [0.25, 0.3) is 0 Å². The van der Waals surface area contributed by atoms with Gasteiger partial charge in [0.1, 0.15) is 0 Å². The SMILES string of the molecule is CCCCCS(C)(C)CCCN(CC)CC. The third-order valence-electron chi connectivity index (χ3n) is 3.37. The molecule has 0 amide bonds. The molecule has 16 heavy (non-hydrogen) atoms. The Labute approximate surface area is 105 Å². The Balaban J connectivity index is 3.63. The molecule has 0 aromatic rings. The highest BCUT2D eigenvalue weighted by Gasteiger charge is 2.11. The van der Waals surface area contributed by atoms with E-state index >= 15 is 0 Å². The van der Waals surface area contributed by atoms with Crippen molar-refractivity contribution in [2.24, 2.45) is 0 Å². The van der Waals surface area contributed by atoms with Crippen LogP contribution in [-0.4, -0.2) is 48.6 Å². The second-order valence-electron chi connectivity index (χ2n) is 5.26. The van der Waals surface area contributed by atoms with Crippen LogP contribution in [0.3, 0.4) is 0 Å². The molecule has 0 fully saturated rings. The monoisotopic (exact) mass is 247 g/mol. The molecule has 0 unspecified atom stereocenters. The highest BCUT2D eigenvalue weighted by atomic mass is 32.3. The summed E-state index contributed by atoms with van der Waals surface area (Å²) in [6, 6.07) is 0. The van der Waals surface area contributed by atoms with Crippen LogP contribution in [-0.2, 0) is 0 Å². The van der Waals surface area contributed by atoms with Crippen molar-refractivity contribution in [1.29, 1.82) is 0 Å². The van der Waals surface area contributed by atoms with Crippen LogP contribution in [0.2, 0.25) is 0 Å². The zero-order valence-electron chi connectivity index (χ0n) is 12.2. The topological polar surface area (TPSA) is 3.24 Å².